The molecule has 9 N–H and O–H groups in total. The van der Waals surface area contributed by atoms with Gasteiger partial charge in [0.2, 0.25) is 5.91 Å². The molecule has 0 aliphatic heterocycles. The number of aliphatic hydroxyl groups excluding tert-OH is 1. The molecule has 13 heteroatoms. The summed E-state index contributed by atoms with van der Waals surface area (Å²) in [6.45, 7) is 3.76. The molecule has 0 aromatic heterocycles. The fraction of sp³-hybridized carbons (Fsp3) is 0.216. The quantitative estimate of drug-likeness (QED) is 0.0327. The van der Waals surface area contributed by atoms with Crippen molar-refractivity contribution in [2.24, 2.45) is 21.7 Å². The molecule has 0 saturated carbocycles. The summed E-state index contributed by atoms with van der Waals surface area (Å²) in [4.78, 5) is 34.4. The van der Waals surface area contributed by atoms with Crippen LogP contribution in [0.3, 0.4) is 0 Å². The summed E-state index contributed by atoms with van der Waals surface area (Å²) in [5.74, 6) is -0.245. The summed E-state index contributed by atoms with van der Waals surface area (Å²) in [6, 6.07) is 28.6. The monoisotopic (exact) mass is 685 g/mol. The summed E-state index contributed by atoms with van der Waals surface area (Å²) in [5, 5.41) is 22.9. The molecule has 2 amide bonds. The van der Waals surface area contributed by atoms with E-state index in [0.717, 1.165) is 16.8 Å². The number of nitrogens with two attached hydrogens (primary N) is 3. The number of benzene rings is 4. The molecule has 0 heterocycles. The number of aliphatic hydroxyl groups is 1. The van der Waals surface area contributed by atoms with E-state index in [1.54, 1.807) is 60.7 Å². The number of azo groups is 1. The number of allylic oxidation sites excluding steroid dienone is 1. The fourth-order valence-corrected chi connectivity index (χ4v) is 3.84. The molecule has 0 spiro atoms. The molecule has 0 saturated heterocycles. The van der Waals surface area contributed by atoms with Gasteiger partial charge in [-0.25, -0.2) is 0 Å². The minimum Gasteiger partial charge on any atom is -0.510 e. The maximum Gasteiger partial charge on any atom is 0.279 e. The number of hydrogen-bond acceptors (Lipinski definition) is 11. The maximum atomic E-state index is 12.4. The van der Waals surface area contributed by atoms with Crippen LogP contribution < -0.4 is 37.3 Å². The van der Waals surface area contributed by atoms with E-state index < -0.39 is 5.91 Å². The van der Waals surface area contributed by atoms with Crippen molar-refractivity contribution in [3.8, 4) is 11.5 Å². The van der Waals surface area contributed by atoms with Crippen molar-refractivity contribution in [3.05, 3.63) is 120 Å². The van der Waals surface area contributed by atoms with Crippen LogP contribution in [0.1, 0.15) is 38.8 Å². The van der Waals surface area contributed by atoms with Crippen molar-refractivity contribution in [1.29, 1.82) is 0 Å². The number of carbonyl (C=O) groups is 3. The molecule has 0 fully saturated rings. The largest absolute Gasteiger partial charge is 0.510 e. The third-order valence-electron chi connectivity index (χ3n) is 6.36. The van der Waals surface area contributed by atoms with E-state index in [1.165, 1.54) is 28.1 Å². The van der Waals surface area contributed by atoms with Gasteiger partial charge >= 0.3 is 0 Å². The van der Waals surface area contributed by atoms with Crippen molar-refractivity contribution in [1.82, 2.24) is 0 Å². The predicted molar refractivity (Wildman–Crippen MR) is 198 cm³/mol. The molecule has 50 heavy (non-hydrogen) atoms. The number of amides is 2. The first kappa shape index (κ1) is 42.0. The Hall–Kier alpha value is -6.05. The third kappa shape index (κ3) is 14.8. The number of hydrogen-bond donors (Lipinski definition) is 6. The Balaban J connectivity index is 0.000000422. The summed E-state index contributed by atoms with van der Waals surface area (Å²) in [6.07, 6.45) is -0.113. The van der Waals surface area contributed by atoms with Crippen LogP contribution in [0.5, 0.6) is 11.5 Å². The van der Waals surface area contributed by atoms with E-state index in [2.05, 4.69) is 20.9 Å². The predicted octanol–water partition coefficient (Wildman–Crippen LogP) is 6.64. The number of ketones is 1. The Labute approximate surface area is 293 Å². The summed E-state index contributed by atoms with van der Waals surface area (Å²) < 4.78 is 10.2. The Morgan fingerprint density at radius 1 is 0.720 bits per heavy atom. The minimum atomic E-state index is -0.591. The number of carbonyl (C=O) groups excluding carboxylic acids is 3. The van der Waals surface area contributed by atoms with E-state index in [4.69, 9.17) is 26.7 Å². The van der Waals surface area contributed by atoms with Crippen LogP contribution in [0.15, 0.2) is 119 Å². The molecule has 0 aliphatic carbocycles. The number of Topliss-reactive ketones (excluding diaryl/α,β-unsaturated/α-hetero) is 1. The van der Waals surface area contributed by atoms with Crippen molar-refractivity contribution < 1.29 is 29.0 Å². The van der Waals surface area contributed by atoms with Gasteiger partial charge in [0.1, 0.15) is 23.0 Å². The second-order valence-corrected chi connectivity index (χ2v) is 10.2. The summed E-state index contributed by atoms with van der Waals surface area (Å²) in [7, 11) is 3.03. The summed E-state index contributed by atoms with van der Waals surface area (Å²) >= 11 is 0. The van der Waals surface area contributed by atoms with E-state index in [1.807, 2.05) is 36.4 Å². The molecule has 266 valence electrons. The van der Waals surface area contributed by atoms with Crippen LogP contribution in [0.25, 0.3) is 0 Å². The maximum absolute atomic E-state index is 12.4. The fourth-order valence-electron chi connectivity index (χ4n) is 3.84. The SMILES string of the molecule is C.COc1ccccc1NC(=O)C(N=Nc1ccc(CN)cc1)=C(C)O.COc1ccccc1NC(=O)CC(C)=O.NCc1ccc(N)cc1. The van der Waals surface area contributed by atoms with Crippen LogP contribution in [0.4, 0.5) is 22.7 Å². The Bertz CT molecular complexity index is 1720. The van der Waals surface area contributed by atoms with E-state index in [-0.39, 0.29) is 37.0 Å². The zero-order chi connectivity index (χ0) is 36.2. The first-order valence-electron chi connectivity index (χ1n) is 15.0. The smallest absolute Gasteiger partial charge is 0.279 e. The van der Waals surface area contributed by atoms with E-state index in [9.17, 15) is 19.5 Å². The zero-order valence-electron chi connectivity index (χ0n) is 28.0. The average Bonchev–Trinajstić information content (AvgIpc) is 3.09. The van der Waals surface area contributed by atoms with Crippen molar-refractivity contribution in [2.45, 2.75) is 40.8 Å². The van der Waals surface area contributed by atoms with E-state index >= 15 is 0 Å². The Morgan fingerprint density at radius 2 is 1.18 bits per heavy atom. The van der Waals surface area contributed by atoms with Crippen molar-refractivity contribution in [2.75, 3.05) is 30.6 Å². The third-order valence-corrected chi connectivity index (χ3v) is 6.36. The van der Waals surface area contributed by atoms with Gasteiger partial charge in [-0.05, 0) is 73.5 Å². The number of methoxy groups -OCH3 is 2. The van der Waals surface area contributed by atoms with Crippen LogP contribution in [0.2, 0.25) is 0 Å². The van der Waals surface area contributed by atoms with Gasteiger partial charge in [0.15, 0.2) is 5.70 Å². The first-order chi connectivity index (χ1) is 23.5. The molecule has 4 rings (SSSR count). The highest BCUT2D eigenvalue weighted by atomic mass is 16.5. The molecule has 4 aromatic rings. The molecular weight excluding hydrogens is 638 g/mol. The Morgan fingerprint density at radius 3 is 1.62 bits per heavy atom. The van der Waals surface area contributed by atoms with Crippen molar-refractivity contribution >= 4 is 40.3 Å². The van der Waals surface area contributed by atoms with Gasteiger partial charge < -0.3 is 42.4 Å². The lowest BCUT2D eigenvalue weighted by atomic mass is 10.2. The Kier molecular flexibility index (Phi) is 18.9. The molecule has 0 bridgehead atoms. The van der Waals surface area contributed by atoms with Crippen LogP contribution in [0, 0.1) is 0 Å². The number of para-hydroxylation sites is 4. The van der Waals surface area contributed by atoms with Crippen LogP contribution >= 0.6 is 0 Å². The van der Waals surface area contributed by atoms with Gasteiger partial charge in [0.25, 0.3) is 5.91 Å². The van der Waals surface area contributed by atoms with Gasteiger partial charge in [-0.3, -0.25) is 14.4 Å². The number of nitrogens with one attached hydrogen (secondary N) is 2. The molecule has 0 aliphatic rings. The number of anilines is 3. The van der Waals surface area contributed by atoms with Gasteiger partial charge in [0.05, 0.1) is 37.7 Å². The molecule has 13 nitrogen and oxygen atoms in total. The second kappa shape index (κ2) is 22.5. The van der Waals surface area contributed by atoms with Gasteiger partial charge in [0, 0.05) is 18.8 Å². The van der Waals surface area contributed by atoms with E-state index in [0.29, 0.717) is 41.7 Å². The van der Waals surface area contributed by atoms with Gasteiger partial charge in [-0.2, -0.15) is 5.11 Å². The summed E-state index contributed by atoms with van der Waals surface area (Å²) in [5.41, 5.74) is 20.6. The van der Waals surface area contributed by atoms with Crippen LogP contribution in [-0.4, -0.2) is 36.9 Å². The zero-order valence-corrected chi connectivity index (χ0v) is 28.0. The molecular formula is C37H47N7O6. The standard InChI is InChI=1S/C18H20N4O3.C11H13NO3.C7H10N2.CH4/c1-12(23)17(22-21-14-9-7-13(11-19)8-10-14)18(24)20-15-5-3-4-6-16(15)25-2;1-8(13)7-11(14)12-9-5-3-4-6-10(9)15-2;8-5-6-1-3-7(9)4-2-6;/h3-10,23H,11,19H2,1-2H3,(H,20,24);3-6H,7H2,1-2H3,(H,12,14);1-4H,5,8-9H2;1H4. The highest BCUT2D eigenvalue weighted by Gasteiger charge is 2.15. The van der Waals surface area contributed by atoms with Gasteiger partial charge in [-0.15, -0.1) is 5.11 Å². The number of nitrogens with zero attached hydrogens (tertiary/aromatic N) is 2. The highest BCUT2D eigenvalue weighted by Crippen LogP contribution is 2.25. The highest BCUT2D eigenvalue weighted by molar-refractivity contribution is 6.05. The lowest BCUT2D eigenvalue weighted by Gasteiger charge is -2.09. The van der Waals surface area contributed by atoms with Gasteiger partial charge in [-0.1, -0.05) is 56.0 Å². The van der Waals surface area contributed by atoms with Crippen LogP contribution in [-0.2, 0) is 27.5 Å². The van der Waals surface area contributed by atoms with Crippen molar-refractivity contribution in [3.63, 3.8) is 0 Å². The first-order valence-corrected chi connectivity index (χ1v) is 15.0. The normalized spacial score (nSPS) is 10.5. The topological polar surface area (TPSA) is 217 Å². The number of rotatable bonds is 11. The minimum absolute atomic E-state index is 0. The average molecular weight is 686 g/mol. The second-order valence-electron chi connectivity index (χ2n) is 10.2. The molecule has 4 aromatic carbocycles. The lowest BCUT2D eigenvalue weighted by Crippen LogP contribution is -2.15. The lowest BCUT2D eigenvalue weighted by molar-refractivity contribution is -0.124. The molecule has 0 unspecified atom stereocenters. The molecule has 0 radical (unpaired) electrons. The molecule has 0 atom stereocenters. The number of nitrogen functional groups attached to an aromatic ring is 1. The number of ether oxygens (including phenoxy) is 2.